The molecule has 5 rings (SSSR count). The van der Waals surface area contributed by atoms with Gasteiger partial charge in [0.1, 0.15) is 10.0 Å². The Bertz CT molecular complexity index is 1330. The van der Waals surface area contributed by atoms with E-state index >= 15 is 0 Å². The first-order valence-corrected chi connectivity index (χ1v) is 14.0. The number of nitrogen functional groups attached to an aromatic ring is 2. The maximum absolute atomic E-state index is 12.5. The lowest BCUT2D eigenvalue weighted by Gasteiger charge is -2.25. The molecule has 12 heteroatoms. The van der Waals surface area contributed by atoms with Gasteiger partial charge in [0, 0.05) is 23.2 Å². The fourth-order valence-corrected chi connectivity index (χ4v) is 6.42. The first-order chi connectivity index (χ1) is 18.4. The van der Waals surface area contributed by atoms with Gasteiger partial charge in [-0.25, -0.2) is 0 Å². The third-order valence-electron chi connectivity index (χ3n) is 6.56. The highest BCUT2D eigenvalue weighted by Gasteiger charge is 2.29. The van der Waals surface area contributed by atoms with Gasteiger partial charge in [0.25, 0.3) is 0 Å². The minimum Gasteiger partial charge on any atom is -0.398 e. The summed E-state index contributed by atoms with van der Waals surface area (Å²) in [5.41, 5.74) is 14.6. The number of nitrogens with one attached hydrogen (secondary N) is 2. The summed E-state index contributed by atoms with van der Waals surface area (Å²) in [5, 5.41) is 25.6. The first-order valence-electron chi connectivity index (χ1n) is 12.4. The van der Waals surface area contributed by atoms with Crippen LogP contribution in [0, 0.1) is 0 Å². The lowest BCUT2D eigenvalue weighted by atomic mass is 9.82. The fourth-order valence-electron chi connectivity index (χ4n) is 4.60. The number of hydrogen-bond donors (Lipinski definition) is 4. The molecule has 1 aliphatic carbocycles. The highest BCUT2D eigenvalue weighted by molar-refractivity contribution is 7.15. The largest absolute Gasteiger partial charge is 0.398 e. The van der Waals surface area contributed by atoms with Gasteiger partial charge in [-0.05, 0) is 42.5 Å². The van der Waals surface area contributed by atoms with Crippen molar-refractivity contribution in [2.75, 3.05) is 22.1 Å². The number of nitrogens with zero attached hydrogens (tertiary/aromatic N) is 4. The molecule has 0 aliphatic heterocycles. The fraction of sp³-hybridized carbons (Fsp3) is 0.308. The summed E-state index contributed by atoms with van der Waals surface area (Å²) in [5.74, 6) is 0.102. The number of para-hydroxylation sites is 2. The predicted octanol–water partition coefficient (Wildman–Crippen LogP) is 4.36. The summed E-state index contributed by atoms with van der Waals surface area (Å²) in [6, 6.07) is 14.6. The van der Waals surface area contributed by atoms with Crippen molar-refractivity contribution in [2.45, 2.75) is 50.4 Å². The number of rotatable bonds is 8. The second-order valence-electron chi connectivity index (χ2n) is 9.30. The summed E-state index contributed by atoms with van der Waals surface area (Å²) in [7, 11) is 0. The highest BCUT2D eigenvalue weighted by atomic mass is 32.1. The standard InChI is InChI=1S/C26H28N8O2S2/c27-19-10-3-1-6-15(19)13-21(35)29-25-33-31-23(37-25)17-8-5-9-18(12-17)24-32-34-26(38-24)30-22(36)14-16-7-2-4-11-20(16)28/h1-4,6-7,10-11,17-18H,5,8-9,12-14,27-28H2,(H,29,33,35)(H,30,34,36)/t17-,18-/m0/s1. The second kappa shape index (κ2) is 11.7. The number of carbonyl (C=O) groups is 2. The van der Waals surface area contributed by atoms with Crippen molar-refractivity contribution in [1.82, 2.24) is 20.4 Å². The van der Waals surface area contributed by atoms with Crippen molar-refractivity contribution < 1.29 is 9.59 Å². The van der Waals surface area contributed by atoms with Gasteiger partial charge in [-0.15, -0.1) is 20.4 Å². The summed E-state index contributed by atoms with van der Waals surface area (Å²) in [4.78, 5) is 25.0. The molecule has 2 heterocycles. The van der Waals surface area contributed by atoms with Crippen molar-refractivity contribution in [3.05, 3.63) is 69.7 Å². The van der Waals surface area contributed by atoms with Crippen molar-refractivity contribution in [3.8, 4) is 0 Å². The van der Waals surface area contributed by atoms with Crippen molar-refractivity contribution in [1.29, 1.82) is 0 Å². The Kier molecular flexibility index (Phi) is 7.89. The zero-order chi connectivity index (χ0) is 26.5. The van der Waals surface area contributed by atoms with E-state index in [1.54, 1.807) is 12.1 Å². The van der Waals surface area contributed by atoms with E-state index < -0.39 is 0 Å². The molecule has 2 aromatic carbocycles. The van der Waals surface area contributed by atoms with E-state index in [1.807, 2.05) is 36.4 Å². The number of aromatic nitrogens is 4. The summed E-state index contributed by atoms with van der Waals surface area (Å²) in [6.45, 7) is 0. The lowest BCUT2D eigenvalue weighted by Crippen LogP contribution is -2.15. The lowest BCUT2D eigenvalue weighted by molar-refractivity contribution is -0.116. The molecule has 0 spiro atoms. The molecule has 2 amide bonds. The van der Waals surface area contributed by atoms with Crippen LogP contribution >= 0.6 is 22.7 Å². The quantitative estimate of drug-likeness (QED) is 0.236. The Balaban J connectivity index is 1.16. The molecule has 1 aliphatic rings. The van der Waals surface area contributed by atoms with E-state index in [0.29, 0.717) is 21.6 Å². The molecule has 0 bridgehead atoms. The number of amides is 2. The van der Waals surface area contributed by atoms with Crippen LogP contribution in [0.25, 0.3) is 0 Å². The maximum atomic E-state index is 12.5. The average molecular weight is 549 g/mol. The molecule has 6 N–H and O–H groups in total. The molecule has 0 saturated heterocycles. The van der Waals surface area contributed by atoms with Crippen LogP contribution in [-0.4, -0.2) is 32.2 Å². The molecule has 1 fully saturated rings. The molecule has 0 unspecified atom stereocenters. The Labute approximate surface area is 227 Å². The van der Waals surface area contributed by atoms with Crippen molar-refractivity contribution in [3.63, 3.8) is 0 Å². The topological polar surface area (TPSA) is 162 Å². The molecule has 1 saturated carbocycles. The van der Waals surface area contributed by atoms with Gasteiger partial charge in [0.15, 0.2) is 0 Å². The van der Waals surface area contributed by atoms with E-state index in [9.17, 15) is 9.59 Å². The Morgan fingerprint density at radius 2 is 1.18 bits per heavy atom. The molecule has 4 aromatic rings. The zero-order valence-corrected chi connectivity index (χ0v) is 22.2. The maximum Gasteiger partial charge on any atom is 0.230 e. The van der Waals surface area contributed by atoms with E-state index in [0.717, 1.165) is 46.8 Å². The summed E-state index contributed by atoms with van der Waals surface area (Å²) >= 11 is 2.82. The van der Waals surface area contributed by atoms with Gasteiger partial charge in [-0.2, -0.15) is 0 Å². The highest BCUT2D eigenvalue weighted by Crippen LogP contribution is 2.43. The molecular weight excluding hydrogens is 520 g/mol. The van der Waals surface area contributed by atoms with Gasteiger partial charge >= 0.3 is 0 Å². The predicted molar refractivity (Wildman–Crippen MR) is 150 cm³/mol. The molecular formula is C26H28N8O2S2. The minimum absolute atomic E-state index is 0.175. The van der Waals surface area contributed by atoms with Gasteiger partial charge in [-0.3, -0.25) is 9.59 Å². The van der Waals surface area contributed by atoms with Crippen LogP contribution in [0.4, 0.5) is 21.6 Å². The van der Waals surface area contributed by atoms with Crippen LogP contribution in [-0.2, 0) is 22.4 Å². The van der Waals surface area contributed by atoms with E-state index in [4.69, 9.17) is 11.5 Å². The van der Waals surface area contributed by atoms with Gasteiger partial charge < -0.3 is 22.1 Å². The third kappa shape index (κ3) is 6.32. The average Bonchev–Trinajstić information content (AvgIpc) is 3.57. The van der Waals surface area contributed by atoms with Crippen LogP contribution in [0.3, 0.4) is 0 Å². The Morgan fingerprint density at radius 1 is 0.737 bits per heavy atom. The zero-order valence-electron chi connectivity index (χ0n) is 20.6. The Morgan fingerprint density at radius 3 is 1.63 bits per heavy atom. The normalized spacial score (nSPS) is 17.2. The SMILES string of the molecule is Nc1ccccc1CC(=O)Nc1nnc([C@H]2CCC[C@H](c3nnc(NC(=O)Cc4ccccc4N)s3)C2)s1. The number of hydrogen-bond acceptors (Lipinski definition) is 10. The van der Waals surface area contributed by atoms with Crippen LogP contribution in [0.2, 0.25) is 0 Å². The van der Waals surface area contributed by atoms with Gasteiger partial charge in [0.2, 0.25) is 22.1 Å². The van der Waals surface area contributed by atoms with Crippen LogP contribution in [0.1, 0.15) is 58.7 Å². The van der Waals surface area contributed by atoms with Crippen LogP contribution in [0.15, 0.2) is 48.5 Å². The number of anilines is 4. The van der Waals surface area contributed by atoms with Crippen LogP contribution in [0.5, 0.6) is 0 Å². The number of nitrogens with two attached hydrogens (primary N) is 2. The van der Waals surface area contributed by atoms with E-state index in [1.165, 1.54) is 22.7 Å². The monoisotopic (exact) mass is 548 g/mol. The molecule has 2 aromatic heterocycles. The second-order valence-corrected chi connectivity index (χ2v) is 11.3. The van der Waals surface area contributed by atoms with Gasteiger partial charge in [-0.1, -0.05) is 65.5 Å². The third-order valence-corrected chi connectivity index (χ3v) is 8.56. The Hall–Kier alpha value is -3.90. The van der Waals surface area contributed by atoms with E-state index in [2.05, 4.69) is 31.0 Å². The first kappa shape index (κ1) is 25.7. The minimum atomic E-state index is -0.175. The van der Waals surface area contributed by atoms with Crippen molar-refractivity contribution >= 4 is 56.1 Å². The summed E-state index contributed by atoms with van der Waals surface area (Å²) in [6.07, 6.45) is 4.26. The molecule has 2 atom stereocenters. The molecule has 0 radical (unpaired) electrons. The summed E-state index contributed by atoms with van der Waals surface area (Å²) < 4.78 is 0. The van der Waals surface area contributed by atoms with Crippen molar-refractivity contribution in [2.24, 2.45) is 0 Å². The van der Waals surface area contributed by atoms with Gasteiger partial charge in [0.05, 0.1) is 12.8 Å². The number of carbonyl (C=O) groups excluding carboxylic acids is 2. The molecule has 38 heavy (non-hydrogen) atoms. The smallest absolute Gasteiger partial charge is 0.230 e. The van der Waals surface area contributed by atoms with Crippen LogP contribution < -0.4 is 22.1 Å². The van der Waals surface area contributed by atoms with E-state index in [-0.39, 0.29) is 36.5 Å². The molecule has 10 nitrogen and oxygen atoms in total. The molecule has 196 valence electrons. The number of benzene rings is 2.